The lowest BCUT2D eigenvalue weighted by molar-refractivity contribution is -0.134. The number of urea groups is 2. The summed E-state index contributed by atoms with van der Waals surface area (Å²) < 4.78 is 0. The van der Waals surface area contributed by atoms with Gasteiger partial charge >= 0.3 is 12.1 Å². The topological polar surface area (TPSA) is 108 Å². The fraction of sp³-hybridized carbons (Fsp3) is 0.333. The molecule has 1 aliphatic heterocycles. The van der Waals surface area contributed by atoms with Gasteiger partial charge in [-0.1, -0.05) is 29.3 Å². The molecule has 0 aliphatic carbocycles. The Morgan fingerprint density at radius 3 is 2.56 bits per heavy atom. The number of carbonyl (C=O) groups excluding carboxylic acids is 4. The summed E-state index contributed by atoms with van der Waals surface area (Å²) in [6, 6.07) is 3.06. The largest absolute Gasteiger partial charge is 0.338 e. The van der Waals surface area contributed by atoms with Gasteiger partial charge in [-0.15, -0.1) is 0 Å². The third-order valence-corrected chi connectivity index (χ3v) is 4.18. The van der Waals surface area contributed by atoms with Gasteiger partial charge in [0.05, 0.1) is 0 Å². The van der Waals surface area contributed by atoms with Gasteiger partial charge in [0, 0.05) is 22.2 Å². The number of carbonyl (C=O) groups is 4. The summed E-state index contributed by atoms with van der Waals surface area (Å²) in [5.41, 5.74) is -1.09. The van der Waals surface area contributed by atoms with Gasteiger partial charge in [0.15, 0.2) is 0 Å². The van der Waals surface area contributed by atoms with Gasteiger partial charge in [-0.25, -0.2) is 9.59 Å². The van der Waals surface area contributed by atoms with E-state index in [2.05, 4.69) is 10.6 Å². The van der Waals surface area contributed by atoms with E-state index in [1.54, 1.807) is 6.92 Å². The number of nitrogens with zero attached hydrogens (tertiary/aromatic N) is 1. The Balaban J connectivity index is 2.19. The molecular formula is C15H16Cl2N4O4. The lowest BCUT2D eigenvalue weighted by Crippen LogP contribution is -2.46. The van der Waals surface area contributed by atoms with Crippen molar-refractivity contribution in [1.29, 1.82) is 0 Å². The number of nitrogens with one attached hydrogen (secondary N) is 3. The van der Waals surface area contributed by atoms with Crippen molar-refractivity contribution in [1.82, 2.24) is 20.9 Å². The predicted molar refractivity (Wildman–Crippen MR) is 91.3 cm³/mol. The van der Waals surface area contributed by atoms with Crippen LogP contribution in [0.15, 0.2) is 18.2 Å². The zero-order valence-electron chi connectivity index (χ0n) is 13.5. The summed E-state index contributed by atoms with van der Waals surface area (Å²) in [6.07, 6.45) is 0. The van der Waals surface area contributed by atoms with Crippen molar-refractivity contribution in [3.63, 3.8) is 0 Å². The van der Waals surface area contributed by atoms with Gasteiger partial charge in [-0.2, -0.15) is 0 Å². The van der Waals surface area contributed by atoms with Crippen LogP contribution in [0.4, 0.5) is 9.59 Å². The average Bonchev–Trinajstić information content (AvgIpc) is 2.71. The first-order chi connectivity index (χ1) is 11.7. The second kappa shape index (κ2) is 7.28. The molecule has 1 saturated heterocycles. The average molecular weight is 387 g/mol. The first-order valence-corrected chi connectivity index (χ1v) is 8.12. The molecule has 6 amide bonds. The molecule has 1 aromatic rings. The summed E-state index contributed by atoms with van der Waals surface area (Å²) in [6.45, 7) is 2.89. The van der Waals surface area contributed by atoms with Gasteiger partial charge in [-0.05, 0) is 26.0 Å². The molecule has 8 nitrogen and oxygen atoms in total. The number of benzene rings is 1. The third kappa shape index (κ3) is 3.85. The second-order valence-corrected chi connectivity index (χ2v) is 6.32. The van der Waals surface area contributed by atoms with Crippen LogP contribution in [0.25, 0.3) is 0 Å². The zero-order valence-corrected chi connectivity index (χ0v) is 15.0. The Morgan fingerprint density at radius 2 is 1.96 bits per heavy atom. The highest BCUT2D eigenvalue weighted by Gasteiger charge is 2.50. The van der Waals surface area contributed by atoms with Gasteiger partial charge in [0.1, 0.15) is 12.1 Å². The van der Waals surface area contributed by atoms with E-state index in [0.29, 0.717) is 17.1 Å². The highest BCUT2D eigenvalue weighted by atomic mass is 35.5. The van der Waals surface area contributed by atoms with E-state index < -0.39 is 36.0 Å². The van der Waals surface area contributed by atoms with Gasteiger partial charge in [0.25, 0.3) is 5.91 Å². The molecule has 0 aromatic heterocycles. The molecule has 1 aromatic carbocycles. The molecule has 25 heavy (non-hydrogen) atoms. The highest BCUT2D eigenvalue weighted by molar-refractivity contribution is 6.35. The quantitative estimate of drug-likeness (QED) is 0.682. The van der Waals surface area contributed by atoms with Crippen LogP contribution in [0.3, 0.4) is 0 Å². The molecule has 1 unspecified atom stereocenters. The minimum Gasteiger partial charge on any atom is -0.338 e. The normalized spacial score (nSPS) is 19.6. The molecule has 1 aliphatic rings. The van der Waals surface area contributed by atoms with Gasteiger partial charge in [0.2, 0.25) is 5.91 Å². The van der Waals surface area contributed by atoms with Crippen LogP contribution >= 0.6 is 23.2 Å². The minimum absolute atomic E-state index is 0.206. The molecule has 0 bridgehead atoms. The SMILES string of the molecule is CCNC(=O)NC(=O)CN1C(=O)NC(C)(c2ccc(Cl)cc2Cl)C1=O. The lowest BCUT2D eigenvalue weighted by atomic mass is 9.92. The first kappa shape index (κ1) is 19.0. The van der Waals surface area contributed by atoms with Crippen molar-refractivity contribution < 1.29 is 19.2 Å². The Kier molecular flexibility index (Phi) is 5.54. The standard InChI is InChI=1S/C15H16Cl2N4O4/c1-3-18-13(24)19-11(22)7-21-12(23)15(2,20-14(21)25)9-5-4-8(16)6-10(9)17/h4-6H,3,7H2,1-2H3,(H,20,25)(H2,18,19,22,24). The van der Waals surface area contributed by atoms with E-state index in [1.807, 2.05) is 5.32 Å². The van der Waals surface area contributed by atoms with Crippen molar-refractivity contribution >= 4 is 47.1 Å². The highest BCUT2D eigenvalue weighted by Crippen LogP contribution is 2.34. The summed E-state index contributed by atoms with van der Waals surface area (Å²) in [7, 11) is 0. The van der Waals surface area contributed by atoms with E-state index in [-0.39, 0.29) is 5.02 Å². The lowest BCUT2D eigenvalue weighted by Gasteiger charge is -2.23. The van der Waals surface area contributed by atoms with Crippen molar-refractivity contribution in [2.75, 3.05) is 13.1 Å². The van der Waals surface area contributed by atoms with Crippen molar-refractivity contribution in [3.05, 3.63) is 33.8 Å². The van der Waals surface area contributed by atoms with Crippen LogP contribution in [0, 0.1) is 0 Å². The molecule has 1 fully saturated rings. The van der Waals surface area contributed by atoms with Crippen LogP contribution in [-0.2, 0) is 15.1 Å². The van der Waals surface area contributed by atoms with Crippen LogP contribution < -0.4 is 16.0 Å². The summed E-state index contributed by atoms with van der Waals surface area (Å²) in [4.78, 5) is 48.7. The summed E-state index contributed by atoms with van der Waals surface area (Å²) >= 11 is 12.0. The first-order valence-electron chi connectivity index (χ1n) is 7.36. The van der Waals surface area contributed by atoms with Crippen LogP contribution in [0.1, 0.15) is 19.4 Å². The van der Waals surface area contributed by atoms with Crippen LogP contribution in [0.2, 0.25) is 10.0 Å². The molecule has 10 heteroatoms. The van der Waals surface area contributed by atoms with Crippen LogP contribution in [0.5, 0.6) is 0 Å². The Hall–Kier alpha value is -2.32. The van der Waals surface area contributed by atoms with E-state index in [0.717, 1.165) is 4.90 Å². The molecular weight excluding hydrogens is 371 g/mol. The van der Waals surface area contributed by atoms with E-state index in [1.165, 1.54) is 25.1 Å². The molecule has 0 spiro atoms. The van der Waals surface area contributed by atoms with Gasteiger partial charge < -0.3 is 10.6 Å². The number of hydrogen-bond acceptors (Lipinski definition) is 4. The summed E-state index contributed by atoms with van der Waals surface area (Å²) in [5.74, 6) is -1.45. The fourth-order valence-corrected chi connectivity index (χ4v) is 3.03. The molecule has 134 valence electrons. The van der Waals surface area contributed by atoms with Gasteiger partial charge in [-0.3, -0.25) is 19.8 Å². The maximum atomic E-state index is 12.7. The molecule has 0 radical (unpaired) electrons. The van der Waals surface area contributed by atoms with Crippen molar-refractivity contribution in [3.8, 4) is 0 Å². The molecule has 3 N–H and O–H groups in total. The molecule has 1 atom stereocenters. The number of amides is 6. The third-order valence-electron chi connectivity index (χ3n) is 3.64. The van der Waals surface area contributed by atoms with E-state index in [9.17, 15) is 19.2 Å². The fourth-order valence-electron chi connectivity index (χ4n) is 2.43. The molecule has 0 saturated carbocycles. The van der Waals surface area contributed by atoms with E-state index >= 15 is 0 Å². The second-order valence-electron chi connectivity index (χ2n) is 5.48. The maximum Gasteiger partial charge on any atom is 0.325 e. The number of halogens is 2. The monoisotopic (exact) mass is 386 g/mol. The number of hydrogen-bond donors (Lipinski definition) is 3. The maximum absolute atomic E-state index is 12.7. The Labute approximate surface area is 153 Å². The summed E-state index contributed by atoms with van der Waals surface area (Å²) in [5, 5.41) is 7.51. The van der Waals surface area contributed by atoms with Crippen molar-refractivity contribution in [2.45, 2.75) is 19.4 Å². The predicted octanol–water partition coefficient (Wildman–Crippen LogP) is 1.61. The molecule has 2 rings (SSSR count). The number of imide groups is 2. The number of rotatable bonds is 4. The van der Waals surface area contributed by atoms with E-state index in [4.69, 9.17) is 23.2 Å². The smallest absolute Gasteiger partial charge is 0.325 e. The van der Waals surface area contributed by atoms with Crippen LogP contribution in [-0.4, -0.2) is 41.9 Å². The molecule has 1 heterocycles. The van der Waals surface area contributed by atoms with Crippen molar-refractivity contribution in [2.24, 2.45) is 0 Å². The Morgan fingerprint density at radius 1 is 1.28 bits per heavy atom. The Bertz CT molecular complexity index is 755. The minimum atomic E-state index is -1.44. The zero-order chi connectivity index (χ0) is 18.8.